The Balaban J connectivity index is 2.15. The summed E-state index contributed by atoms with van der Waals surface area (Å²) in [6.07, 6.45) is 2.16. The van der Waals surface area contributed by atoms with E-state index in [0.29, 0.717) is 12.8 Å². The molecule has 0 bridgehead atoms. The van der Waals surface area contributed by atoms with Crippen molar-refractivity contribution in [1.29, 1.82) is 0 Å². The van der Waals surface area contributed by atoms with Crippen LogP contribution in [0.15, 0.2) is 23.4 Å². The third-order valence-corrected chi connectivity index (χ3v) is 6.48. The van der Waals surface area contributed by atoms with Gasteiger partial charge < -0.3 is 9.84 Å². The monoisotopic (exact) mass is 429 g/mol. The summed E-state index contributed by atoms with van der Waals surface area (Å²) in [5.74, 6) is -1.30. The zero-order chi connectivity index (χ0) is 21.1. The highest BCUT2D eigenvalue weighted by molar-refractivity contribution is 7.89. The summed E-state index contributed by atoms with van der Waals surface area (Å²) in [5, 5.41) is 9.23. The van der Waals surface area contributed by atoms with Crippen LogP contribution in [-0.2, 0) is 14.8 Å². The first-order valence-electron chi connectivity index (χ1n) is 8.45. The normalized spacial score (nSPS) is 16.0. The molecule has 9 nitrogen and oxygen atoms in total. The molecule has 1 saturated carbocycles. The predicted octanol–water partition coefficient (Wildman–Crippen LogP) is 3.16. The zero-order valence-electron chi connectivity index (χ0n) is 15.8. The van der Waals surface area contributed by atoms with Crippen molar-refractivity contribution in [3.8, 4) is 0 Å². The number of ether oxygens (including phenoxy) is 1. The van der Waals surface area contributed by atoms with Gasteiger partial charge in [0, 0.05) is 6.20 Å². The van der Waals surface area contributed by atoms with E-state index in [-0.39, 0.29) is 21.3 Å². The molecule has 0 aromatic carbocycles. The number of carboxylic acid groups (broad SMARTS) is 1. The van der Waals surface area contributed by atoms with E-state index in [4.69, 9.17) is 16.3 Å². The molecular formula is C17H20ClN3O6S. The maximum Gasteiger partial charge on any atom is 0.424 e. The van der Waals surface area contributed by atoms with Gasteiger partial charge in [0.2, 0.25) is 0 Å². The lowest BCUT2D eigenvalue weighted by Gasteiger charge is -2.31. The molecule has 2 heterocycles. The van der Waals surface area contributed by atoms with Gasteiger partial charge in [-0.05, 0) is 46.6 Å². The summed E-state index contributed by atoms with van der Waals surface area (Å²) in [7, 11) is -4.37. The quantitative estimate of drug-likeness (QED) is 0.792. The van der Waals surface area contributed by atoms with Crippen molar-refractivity contribution in [3.05, 3.63) is 29.2 Å². The van der Waals surface area contributed by atoms with E-state index in [1.54, 1.807) is 27.7 Å². The number of carbonyl (C=O) groups is 2. The van der Waals surface area contributed by atoms with Crippen LogP contribution in [0.2, 0.25) is 5.02 Å². The topological polar surface area (TPSA) is 118 Å². The Kier molecular flexibility index (Phi) is 4.62. The van der Waals surface area contributed by atoms with E-state index in [2.05, 4.69) is 4.98 Å². The van der Waals surface area contributed by atoms with Crippen molar-refractivity contribution in [2.45, 2.75) is 56.6 Å². The molecule has 3 rings (SSSR count). The summed E-state index contributed by atoms with van der Waals surface area (Å²) >= 11 is 6.13. The molecular weight excluding hydrogens is 410 g/mol. The molecule has 0 unspecified atom stereocenters. The second-order valence-corrected chi connectivity index (χ2v) is 10.1. The van der Waals surface area contributed by atoms with Crippen LogP contribution < -0.4 is 0 Å². The van der Waals surface area contributed by atoms with E-state index in [1.807, 2.05) is 0 Å². The minimum Gasteiger partial charge on any atom is -0.477 e. The zero-order valence-corrected chi connectivity index (χ0v) is 17.3. The molecule has 1 N–H and O–H groups in total. The highest BCUT2D eigenvalue weighted by atomic mass is 35.5. The van der Waals surface area contributed by atoms with Gasteiger partial charge in [-0.25, -0.2) is 23.0 Å². The Labute approximate surface area is 166 Å². The highest BCUT2D eigenvalue weighted by Gasteiger charge is 2.53. The maximum atomic E-state index is 13.3. The third-order valence-electron chi connectivity index (χ3n) is 4.32. The number of rotatable bonds is 4. The van der Waals surface area contributed by atoms with Crippen molar-refractivity contribution >= 4 is 39.3 Å². The molecule has 28 heavy (non-hydrogen) atoms. The standard InChI is InChI=1S/C17H20ClN3O6S/c1-16(2,3)27-15(24)21(17(4)5-6-17)28(25,26)10-7-11(18)13-19-8-12(14(22)23)20(13)9-10/h7-9H,5-6H2,1-4H3,(H,22,23). The average Bonchev–Trinajstić information content (AvgIpc) is 3.08. The Morgan fingerprint density at radius 1 is 1.36 bits per heavy atom. The maximum absolute atomic E-state index is 13.3. The second kappa shape index (κ2) is 6.35. The van der Waals surface area contributed by atoms with Crippen molar-refractivity contribution in [1.82, 2.24) is 13.7 Å². The number of nitrogens with zero attached hydrogens (tertiary/aromatic N) is 3. The van der Waals surface area contributed by atoms with E-state index < -0.39 is 33.2 Å². The second-order valence-electron chi connectivity index (χ2n) is 7.91. The van der Waals surface area contributed by atoms with Gasteiger partial charge in [0.25, 0.3) is 10.0 Å². The lowest BCUT2D eigenvalue weighted by Crippen LogP contribution is -2.47. The van der Waals surface area contributed by atoms with Crippen molar-refractivity contribution in [3.63, 3.8) is 0 Å². The van der Waals surface area contributed by atoms with Crippen molar-refractivity contribution in [2.75, 3.05) is 0 Å². The number of aromatic nitrogens is 2. The number of aromatic carboxylic acids is 1. The lowest BCUT2D eigenvalue weighted by molar-refractivity contribution is 0.0331. The molecule has 2 aromatic rings. The molecule has 0 aliphatic heterocycles. The van der Waals surface area contributed by atoms with Gasteiger partial charge in [-0.15, -0.1) is 0 Å². The summed E-state index contributed by atoms with van der Waals surface area (Å²) < 4.78 is 33.8. The number of fused-ring (bicyclic) bond motifs is 1. The Morgan fingerprint density at radius 2 is 1.96 bits per heavy atom. The number of hydrogen-bond acceptors (Lipinski definition) is 6. The fourth-order valence-electron chi connectivity index (χ4n) is 2.72. The van der Waals surface area contributed by atoms with E-state index in [1.165, 1.54) is 0 Å². The number of sulfonamides is 1. The largest absolute Gasteiger partial charge is 0.477 e. The minimum atomic E-state index is -4.37. The summed E-state index contributed by atoms with van der Waals surface area (Å²) in [4.78, 5) is 27.7. The smallest absolute Gasteiger partial charge is 0.424 e. The van der Waals surface area contributed by atoms with Crippen LogP contribution in [0.25, 0.3) is 5.65 Å². The predicted molar refractivity (Wildman–Crippen MR) is 100 cm³/mol. The average molecular weight is 430 g/mol. The first-order valence-corrected chi connectivity index (χ1v) is 10.3. The number of amides is 1. The van der Waals surface area contributed by atoms with Crippen LogP contribution in [-0.4, -0.2) is 50.4 Å². The SMILES string of the molecule is CC(C)(C)OC(=O)N(C1(C)CC1)S(=O)(=O)c1cc(Cl)c2ncc(C(=O)O)n2c1. The first-order chi connectivity index (χ1) is 12.8. The van der Waals surface area contributed by atoms with Gasteiger partial charge in [-0.2, -0.15) is 4.31 Å². The van der Waals surface area contributed by atoms with Gasteiger partial charge in [-0.1, -0.05) is 11.6 Å². The lowest BCUT2D eigenvalue weighted by atomic mass is 10.2. The fraction of sp³-hybridized carbons (Fsp3) is 0.471. The van der Waals surface area contributed by atoms with Gasteiger partial charge in [0.1, 0.15) is 10.5 Å². The molecule has 0 saturated heterocycles. The molecule has 152 valence electrons. The molecule has 0 radical (unpaired) electrons. The number of carboxylic acids is 1. The van der Waals surface area contributed by atoms with Crippen LogP contribution in [0.3, 0.4) is 0 Å². The summed E-state index contributed by atoms with van der Waals surface area (Å²) in [5.41, 5.74) is -1.96. The van der Waals surface area contributed by atoms with Gasteiger partial charge in [0.05, 0.1) is 16.8 Å². The number of halogens is 1. The number of hydrogen-bond donors (Lipinski definition) is 1. The summed E-state index contributed by atoms with van der Waals surface area (Å²) in [6, 6.07) is 1.15. The van der Waals surface area contributed by atoms with Gasteiger partial charge in [-0.3, -0.25) is 4.40 Å². The van der Waals surface area contributed by atoms with E-state index >= 15 is 0 Å². The number of carbonyl (C=O) groups excluding carboxylic acids is 1. The van der Waals surface area contributed by atoms with Crippen LogP contribution in [0, 0.1) is 0 Å². The van der Waals surface area contributed by atoms with Gasteiger partial charge >= 0.3 is 12.1 Å². The van der Waals surface area contributed by atoms with E-state index in [0.717, 1.165) is 27.2 Å². The van der Waals surface area contributed by atoms with Crippen LogP contribution >= 0.6 is 11.6 Å². The molecule has 1 aliphatic rings. The van der Waals surface area contributed by atoms with E-state index in [9.17, 15) is 23.1 Å². The first kappa shape index (κ1) is 20.4. The van der Waals surface area contributed by atoms with Crippen LogP contribution in [0.1, 0.15) is 51.0 Å². The molecule has 0 atom stereocenters. The van der Waals surface area contributed by atoms with Crippen LogP contribution in [0.4, 0.5) is 4.79 Å². The Morgan fingerprint density at radius 3 is 2.46 bits per heavy atom. The molecule has 1 amide bonds. The number of imidazole rings is 1. The molecule has 0 spiro atoms. The minimum absolute atomic E-state index is 0.0568. The fourth-order valence-corrected chi connectivity index (χ4v) is 4.76. The Bertz CT molecular complexity index is 1080. The molecule has 2 aromatic heterocycles. The van der Waals surface area contributed by atoms with Crippen molar-refractivity contribution < 1.29 is 27.9 Å². The number of pyridine rings is 1. The molecule has 1 fully saturated rings. The Hall–Kier alpha value is -2.33. The van der Waals surface area contributed by atoms with Crippen LogP contribution in [0.5, 0.6) is 0 Å². The molecule has 1 aliphatic carbocycles. The summed E-state index contributed by atoms with van der Waals surface area (Å²) in [6.45, 7) is 6.56. The third kappa shape index (κ3) is 3.53. The van der Waals surface area contributed by atoms with Gasteiger partial charge in [0.15, 0.2) is 11.3 Å². The molecule has 11 heteroatoms. The highest BCUT2D eigenvalue weighted by Crippen LogP contribution is 2.45. The van der Waals surface area contributed by atoms with Crippen molar-refractivity contribution in [2.24, 2.45) is 0 Å².